The maximum absolute atomic E-state index is 9.04. The Morgan fingerprint density at radius 1 is 0.765 bits per heavy atom. The first-order chi connectivity index (χ1) is 7.95. The molecule has 9 N–H and O–H groups in total. The van der Waals surface area contributed by atoms with E-state index in [0.717, 1.165) is 0 Å². The Kier molecular flexibility index (Phi) is 13.6. The zero-order valence-corrected chi connectivity index (χ0v) is 9.55. The van der Waals surface area contributed by atoms with E-state index in [2.05, 4.69) is 0 Å². The van der Waals surface area contributed by atoms with E-state index in [4.69, 9.17) is 41.5 Å². The molecule has 0 aliphatic carbocycles. The van der Waals surface area contributed by atoms with E-state index in [1.54, 1.807) is 0 Å². The van der Waals surface area contributed by atoms with Gasteiger partial charge in [0.1, 0.15) is 18.3 Å². The third kappa shape index (κ3) is 9.39. The molecule has 0 bridgehead atoms. The zero-order chi connectivity index (χ0) is 13.8. The maximum atomic E-state index is 9.04. The van der Waals surface area contributed by atoms with Crippen LogP contribution in [0.1, 0.15) is 6.42 Å². The fourth-order valence-electron chi connectivity index (χ4n) is 0.773. The molecule has 0 aliphatic rings. The smallest absolute Gasteiger partial charge is 0.111 e. The third-order valence-electron chi connectivity index (χ3n) is 1.88. The standard InChI is InChI=1S/C6H15NO5.C3H8O2/c7-1-3(9)5(11)6(12)4(10)2-8;4-2-1-3-5/h3-6,8-12H,1-2,7H2;4-5H,1-3H2/t3-,4+,5+,6+;/m0./s1. The Labute approximate surface area is 99.6 Å². The average Bonchev–Trinajstić information content (AvgIpc) is 2.36. The summed E-state index contributed by atoms with van der Waals surface area (Å²) in [6.45, 7) is -0.723. The first-order valence-corrected chi connectivity index (χ1v) is 5.21. The van der Waals surface area contributed by atoms with Gasteiger partial charge in [0.25, 0.3) is 0 Å². The summed E-state index contributed by atoms with van der Waals surface area (Å²) in [5.41, 5.74) is 4.99. The number of aliphatic hydroxyl groups is 7. The SMILES string of the molecule is NC[C@H](O)[C@@H](O)[C@H](O)[C@H](O)CO.OCCCO. The molecule has 0 spiro atoms. The molecule has 0 aromatic heterocycles. The van der Waals surface area contributed by atoms with Gasteiger partial charge in [0.05, 0.1) is 12.7 Å². The first kappa shape index (κ1) is 19.0. The minimum absolute atomic E-state index is 0.0938. The van der Waals surface area contributed by atoms with Crippen LogP contribution in [0.3, 0.4) is 0 Å². The lowest BCUT2D eigenvalue weighted by atomic mass is 10.0. The van der Waals surface area contributed by atoms with Gasteiger partial charge in [-0.25, -0.2) is 0 Å². The Morgan fingerprint density at radius 3 is 1.41 bits per heavy atom. The second kappa shape index (κ2) is 12.1. The fourth-order valence-corrected chi connectivity index (χ4v) is 0.773. The number of aliphatic hydroxyl groups excluding tert-OH is 7. The molecule has 0 unspecified atom stereocenters. The van der Waals surface area contributed by atoms with Gasteiger partial charge in [-0.1, -0.05) is 0 Å². The zero-order valence-electron chi connectivity index (χ0n) is 9.55. The molecular weight excluding hydrogens is 234 g/mol. The highest BCUT2D eigenvalue weighted by molar-refractivity contribution is 4.80. The van der Waals surface area contributed by atoms with Gasteiger partial charge in [0, 0.05) is 19.8 Å². The van der Waals surface area contributed by atoms with Crippen LogP contribution in [0.15, 0.2) is 0 Å². The van der Waals surface area contributed by atoms with Crippen molar-refractivity contribution in [3.8, 4) is 0 Å². The van der Waals surface area contributed by atoms with Crippen LogP contribution in [0.2, 0.25) is 0 Å². The van der Waals surface area contributed by atoms with Crippen molar-refractivity contribution in [2.45, 2.75) is 30.8 Å². The van der Waals surface area contributed by atoms with Crippen LogP contribution in [0.5, 0.6) is 0 Å². The lowest BCUT2D eigenvalue weighted by Crippen LogP contribution is -2.48. The van der Waals surface area contributed by atoms with Crippen molar-refractivity contribution in [3.05, 3.63) is 0 Å². The predicted molar refractivity (Wildman–Crippen MR) is 59.0 cm³/mol. The van der Waals surface area contributed by atoms with E-state index in [1.807, 2.05) is 0 Å². The Morgan fingerprint density at radius 2 is 1.18 bits per heavy atom. The molecule has 4 atom stereocenters. The Balaban J connectivity index is 0. The van der Waals surface area contributed by atoms with Crippen LogP contribution in [0, 0.1) is 0 Å². The lowest BCUT2D eigenvalue weighted by molar-refractivity contribution is -0.112. The Hall–Kier alpha value is -0.320. The highest BCUT2D eigenvalue weighted by Gasteiger charge is 2.28. The highest BCUT2D eigenvalue weighted by atomic mass is 16.4. The minimum Gasteiger partial charge on any atom is -0.396 e. The lowest BCUT2D eigenvalue weighted by Gasteiger charge is -2.24. The van der Waals surface area contributed by atoms with Crippen molar-refractivity contribution in [1.82, 2.24) is 0 Å². The second-order valence-electron chi connectivity index (χ2n) is 3.33. The van der Waals surface area contributed by atoms with E-state index >= 15 is 0 Å². The van der Waals surface area contributed by atoms with Gasteiger partial charge >= 0.3 is 0 Å². The molecule has 0 amide bonds. The molecule has 17 heavy (non-hydrogen) atoms. The summed E-state index contributed by atoms with van der Waals surface area (Å²) >= 11 is 0. The van der Waals surface area contributed by atoms with Crippen LogP contribution in [-0.4, -0.2) is 86.5 Å². The molecule has 8 heteroatoms. The third-order valence-corrected chi connectivity index (χ3v) is 1.88. The van der Waals surface area contributed by atoms with Gasteiger partial charge in [-0.2, -0.15) is 0 Å². The van der Waals surface area contributed by atoms with E-state index in [-0.39, 0.29) is 19.8 Å². The Bertz CT molecular complexity index is 144. The number of rotatable bonds is 7. The molecular formula is C9H23NO7. The van der Waals surface area contributed by atoms with Crippen molar-refractivity contribution >= 4 is 0 Å². The van der Waals surface area contributed by atoms with Gasteiger partial charge in [0.2, 0.25) is 0 Å². The van der Waals surface area contributed by atoms with Gasteiger partial charge in [-0.15, -0.1) is 0 Å². The maximum Gasteiger partial charge on any atom is 0.111 e. The summed E-state index contributed by atoms with van der Waals surface area (Å²) in [6, 6.07) is 0. The summed E-state index contributed by atoms with van der Waals surface area (Å²) < 4.78 is 0. The summed E-state index contributed by atoms with van der Waals surface area (Å²) in [4.78, 5) is 0. The second-order valence-corrected chi connectivity index (χ2v) is 3.33. The monoisotopic (exact) mass is 257 g/mol. The van der Waals surface area contributed by atoms with Crippen LogP contribution < -0.4 is 5.73 Å². The topological polar surface area (TPSA) is 168 Å². The van der Waals surface area contributed by atoms with Gasteiger partial charge in [-0.05, 0) is 6.42 Å². The van der Waals surface area contributed by atoms with Crippen molar-refractivity contribution in [2.24, 2.45) is 5.73 Å². The molecule has 0 saturated carbocycles. The molecule has 0 saturated heterocycles. The van der Waals surface area contributed by atoms with Crippen LogP contribution >= 0.6 is 0 Å². The van der Waals surface area contributed by atoms with Crippen molar-refractivity contribution < 1.29 is 35.7 Å². The van der Waals surface area contributed by atoms with Crippen LogP contribution in [-0.2, 0) is 0 Å². The average molecular weight is 257 g/mol. The van der Waals surface area contributed by atoms with E-state index in [0.29, 0.717) is 6.42 Å². The first-order valence-electron chi connectivity index (χ1n) is 5.21. The van der Waals surface area contributed by atoms with Gasteiger partial charge in [-0.3, -0.25) is 0 Å². The molecule has 0 rings (SSSR count). The van der Waals surface area contributed by atoms with E-state index < -0.39 is 31.0 Å². The normalized spacial score (nSPS) is 17.6. The minimum atomic E-state index is -1.59. The molecule has 106 valence electrons. The summed E-state index contributed by atoms with van der Waals surface area (Å²) in [7, 11) is 0. The van der Waals surface area contributed by atoms with Crippen molar-refractivity contribution in [2.75, 3.05) is 26.4 Å². The molecule has 0 radical (unpaired) electrons. The van der Waals surface area contributed by atoms with Crippen molar-refractivity contribution in [1.29, 1.82) is 0 Å². The van der Waals surface area contributed by atoms with Crippen molar-refractivity contribution in [3.63, 3.8) is 0 Å². The number of hydrogen-bond donors (Lipinski definition) is 8. The number of nitrogens with two attached hydrogens (primary N) is 1. The van der Waals surface area contributed by atoms with E-state index in [1.165, 1.54) is 0 Å². The molecule has 0 fully saturated rings. The summed E-state index contributed by atoms with van der Waals surface area (Å²) in [5, 5.41) is 60.0. The molecule has 0 aromatic carbocycles. The molecule has 0 aromatic rings. The van der Waals surface area contributed by atoms with Gasteiger partial charge < -0.3 is 41.5 Å². The quantitative estimate of drug-likeness (QED) is 0.227. The van der Waals surface area contributed by atoms with Crippen LogP contribution in [0.25, 0.3) is 0 Å². The predicted octanol–water partition coefficient (Wildman–Crippen LogP) is -4.26. The summed E-state index contributed by atoms with van der Waals surface area (Å²) in [5.74, 6) is 0. The molecule has 8 nitrogen and oxygen atoms in total. The van der Waals surface area contributed by atoms with Crippen LogP contribution in [0.4, 0.5) is 0 Å². The molecule has 0 aliphatic heterocycles. The number of hydrogen-bond acceptors (Lipinski definition) is 8. The fraction of sp³-hybridized carbons (Fsp3) is 1.00. The van der Waals surface area contributed by atoms with E-state index in [9.17, 15) is 0 Å². The summed E-state index contributed by atoms with van der Waals surface area (Å²) in [6.07, 6.45) is -5.41. The van der Waals surface area contributed by atoms with Gasteiger partial charge in [0.15, 0.2) is 0 Å². The highest BCUT2D eigenvalue weighted by Crippen LogP contribution is 2.03. The largest absolute Gasteiger partial charge is 0.396 e. The molecule has 0 heterocycles.